The molecule has 1 aliphatic heterocycles. The molecule has 3 N–H and O–H groups in total. The summed E-state index contributed by atoms with van der Waals surface area (Å²) in [6.45, 7) is 0. The van der Waals surface area contributed by atoms with Crippen LogP contribution in [0.4, 0.5) is 0 Å². The van der Waals surface area contributed by atoms with Gasteiger partial charge in [-0.2, -0.15) is 0 Å². The summed E-state index contributed by atoms with van der Waals surface area (Å²) in [5.74, 6) is -0.173. The fraction of sp³-hybridized carbons (Fsp3) is 0.778. The first kappa shape index (κ1) is 9.61. The first-order valence-electron chi connectivity index (χ1n) is 5.03. The Morgan fingerprint density at radius 3 is 2.93 bits per heavy atom. The third-order valence-electron chi connectivity index (χ3n) is 2.72. The Morgan fingerprint density at radius 1 is 1.50 bits per heavy atom. The van der Waals surface area contributed by atoms with Crippen LogP contribution in [0.1, 0.15) is 25.7 Å². The SMILES string of the molecule is O=C1C=NC(N[C@H]2CCCC[C@@H]2O)N1. The average molecular weight is 197 g/mol. The Kier molecular flexibility index (Phi) is 2.79. The highest BCUT2D eigenvalue weighted by molar-refractivity contribution is 6.27. The lowest BCUT2D eigenvalue weighted by Gasteiger charge is -2.29. The molecule has 14 heavy (non-hydrogen) atoms. The molecule has 1 amide bonds. The number of aliphatic hydroxyl groups is 1. The largest absolute Gasteiger partial charge is 0.392 e. The van der Waals surface area contributed by atoms with Crippen molar-refractivity contribution < 1.29 is 9.90 Å². The number of carbonyl (C=O) groups excluding carboxylic acids is 1. The zero-order valence-electron chi connectivity index (χ0n) is 7.94. The van der Waals surface area contributed by atoms with Crippen molar-refractivity contribution in [3.63, 3.8) is 0 Å². The van der Waals surface area contributed by atoms with Gasteiger partial charge in [0.1, 0.15) is 0 Å². The van der Waals surface area contributed by atoms with Crippen molar-refractivity contribution in [1.29, 1.82) is 0 Å². The van der Waals surface area contributed by atoms with Crippen molar-refractivity contribution in [2.24, 2.45) is 4.99 Å². The third kappa shape index (κ3) is 2.10. The van der Waals surface area contributed by atoms with Crippen LogP contribution in [0.3, 0.4) is 0 Å². The van der Waals surface area contributed by atoms with Gasteiger partial charge in [0.05, 0.1) is 12.3 Å². The standard InChI is InChI=1S/C9H15N3O2/c13-7-4-2-1-3-6(7)11-9-10-5-8(14)12-9/h5-7,9,11,13H,1-4H2,(H,12,14)/t6-,7-,9?/m0/s1. The molecule has 2 aliphatic rings. The number of aliphatic hydroxyl groups excluding tert-OH is 1. The molecule has 0 spiro atoms. The number of carbonyl (C=O) groups is 1. The maximum absolute atomic E-state index is 10.8. The molecule has 5 heteroatoms. The summed E-state index contributed by atoms with van der Waals surface area (Å²) in [7, 11) is 0. The summed E-state index contributed by atoms with van der Waals surface area (Å²) >= 11 is 0. The maximum Gasteiger partial charge on any atom is 0.264 e. The Labute approximate surface area is 82.6 Å². The molecule has 78 valence electrons. The third-order valence-corrected chi connectivity index (χ3v) is 2.72. The van der Waals surface area contributed by atoms with Crippen molar-refractivity contribution in [3.8, 4) is 0 Å². The summed E-state index contributed by atoms with van der Waals surface area (Å²) in [4.78, 5) is 14.8. The van der Waals surface area contributed by atoms with E-state index < -0.39 is 0 Å². The van der Waals surface area contributed by atoms with E-state index in [1.165, 1.54) is 6.21 Å². The summed E-state index contributed by atoms with van der Waals surface area (Å²) in [6.07, 6.45) is 4.60. The van der Waals surface area contributed by atoms with E-state index in [9.17, 15) is 9.90 Å². The Hall–Kier alpha value is -0.940. The zero-order valence-corrected chi connectivity index (χ0v) is 7.94. The second-order valence-corrected chi connectivity index (χ2v) is 3.81. The highest BCUT2D eigenvalue weighted by Crippen LogP contribution is 2.18. The predicted octanol–water partition coefficient (Wildman–Crippen LogP) is -0.636. The molecule has 1 saturated carbocycles. The van der Waals surface area contributed by atoms with Crippen LogP contribution in [0.2, 0.25) is 0 Å². The fourth-order valence-electron chi connectivity index (χ4n) is 1.94. The Balaban J connectivity index is 1.84. The van der Waals surface area contributed by atoms with Gasteiger partial charge in [-0.25, -0.2) is 4.99 Å². The maximum atomic E-state index is 10.8. The van der Waals surface area contributed by atoms with Crippen LogP contribution in [0.25, 0.3) is 0 Å². The van der Waals surface area contributed by atoms with Gasteiger partial charge in [-0.05, 0) is 12.8 Å². The molecule has 0 aromatic heterocycles. The molecular formula is C9H15N3O2. The van der Waals surface area contributed by atoms with E-state index in [0.29, 0.717) is 0 Å². The van der Waals surface area contributed by atoms with Gasteiger partial charge >= 0.3 is 0 Å². The van der Waals surface area contributed by atoms with Gasteiger partial charge in [-0.3, -0.25) is 10.1 Å². The van der Waals surface area contributed by atoms with E-state index in [0.717, 1.165) is 25.7 Å². The van der Waals surface area contributed by atoms with E-state index in [-0.39, 0.29) is 24.3 Å². The highest BCUT2D eigenvalue weighted by Gasteiger charge is 2.26. The van der Waals surface area contributed by atoms with Crippen molar-refractivity contribution in [3.05, 3.63) is 0 Å². The molecule has 3 atom stereocenters. The number of aliphatic imine (C=N–C) groups is 1. The summed E-state index contributed by atoms with van der Waals surface area (Å²) in [6, 6.07) is 0.0595. The second-order valence-electron chi connectivity index (χ2n) is 3.81. The average Bonchev–Trinajstić information content (AvgIpc) is 2.56. The summed E-state index contributed by atoms with van der Waals surface area (Å²) < 4.78 is 0. The first-order valence-corrected chi connectivity index (χ1v) is 5.03. The molecule has 0 saturated heterocycles. The number of hydrogen-bond acceptors (Lipinski definition) is 4. The van der Waals surface area contributed by atoms with E-state index in [4.69, 9.17) is 0 Å². The lowest BCUT2D eigenvalue weighted by Crippen LogP contribution is -2.50. The monoisotopic (exact) mass is 197 g/mol. The minimum atomic E-state index is -0.347. The van der Waals surface area contributed by atoms with Crippen molar-refractivity contribution in [2.45, 2.75) is 44.1 Å². The molecular weight excluding hydrogens is 182 g/mol. The number of nitrogens with zero attached hydrogens (tertiary/aromatic N) is 1. The Bertz CT molecular complexity index is 254. The van der Waals surface area contributed by atoms with E-state index in [2.05, 4.69) is 15.6 Å². The topological polar surface area (TPSA) is 73.7 Å². The van der Waals surface area contributed by atoms with Crippen LogP contribution >= 0.6 is 0 Å². The van der Waals surface area contributed by atoms with Crippen LogP contribution in [0, 0.1) is 0 Å². The molecule has 1 unspecified atom stereocenters. The molecule has 2 rings (SSSR count). The molecule has 5 nitrogen and oxygen atoms in total. The van der Waals surface area contributed by atoms with Crippen LogP contribution in [0.5, 0.6) is 0 Å². The lowest BCUT2D eigenvalue weighted by atomic mass is 9.93. The van der Waals surface area contributed by atoms with Crippen molar-refractivity contribution in [1.82, 2.24) is 10.6 Å². The van der Waals surface area contributed by atoms with Gasteiger partial charge in [-0.15, -0.1) is 0 Å². The highest BCUT2D eigenvalue weighted by atomic mass is 16.3. The van der Waals surface area contributed by atoms with Crippen LogP contribution < -0.4 is 10.6 Å². The second kappa shape index (κ2) is 4.06. The van der Waals surface area contributed by atoms with Crippen LogP contribution in [-0.4, -0.2) is 35.7 Å². The van der Waals surface area contributed by atoms with Crippen LogP contribution in [0.15, 0.2) is 4.99 Å². The zero-order chi connectivity index (χ0) is 9.97. The van der Waals surface area contributed by atoms with Gasteiger partial charge in [-0.1, -0.05) is 12.8 Å². The van der Waals surface area contributed by atoms with Crippen molar-refractivity contribution in [2.75, 3.05) is 0 Å². The van der Waals surface area contributed by atoms with Gasteiger partial charge in [0.15, 0.2) is 6.29 Å². The van der Waals surface area contributed by atoms with Gasteiger partial charge in [0.2, 0.25) is 0 Å². The number of hydrogen-bond donors (Lipinski definition) is 3. The minimum Gasteiger partial charge on any atom is -0.392 e. The van der Waals surface area contributed by atoms with Crippen molar-refractivity contribution >= 4 is 12.1 Å². The summed E-state index contributed by atoms with van der Waals surface area (Å²) in [5, 5.41) is 15.4. The van der Waals surface area contributed by atoms with E-state index in [1.54, 1.807) is 0 Å². The first-order chi connectivity index (χ1) is 6.75. The molecule has 0 bridgehead atoms. The molecule has 1 heterocycles. The van der Waals surface area contributed by atoms with E-state index >= 15 is 0 Å². The van der Waals surface area contributed by atoms with E-state index in [1.807, 2.05) is 0 Å². The smallest absolute Gasteiger partial charge is 0.264 e. The minimum absolute atomic E-state index is 0.0595. The fourth-order valence-corrected chi connectivity index (χ4v) is 1.94. The molecule has 0 radical (unpaired) electrons. The van der Waals surface area contributed by atoms with Gasteiger partial charge in [0.25, 0.3) is 5.91 Å². The molecule has 1 aliphatic carbocycles. The Morgan fingerprint density at radius 2 is 2.29 bits per heavy atom. The normalized spacial score (nSPS) is 37.2. The number of rotatable bonds is 2. The molecule has 1 fully saturated rings. The molecule has 0 aromatic carbocycles. The lowest BCUT2D eigenvalue weighted by molar-refractivity contribution is -0.114. The van der Waals surface area contributed by atoms with Gasteiger partial charge in [0, 0.05) is 6.04 Å². The predicted molar refractivity (Wildman–Crippen MR) is 51.8 cm³/mol. The number of amides is 1. The number of nitrogens with one attached hydrogen (secondary N) is 2. The molecule has 0 aromatic rings. The quantitative estimate of drug-likeness (QED) is 0.551. The summed E-state index contributed by atoms with van der Waals surface area (Å²) in [5.41, 5.74) is 0. The van der Waals surface area contributed by atoms with Gasteiger partial charge < -0.3 is 10.4 Å². The van der Waals surface area contributed by atoms with Crippen LogP contribution in [-0.2, 0) is 4.79 Å².